The van der Waals surface area contributed by atoms with Crippen molar-refractivity contribution in [2.75, 3.05) is 14.2 Å². The second kappa shape index (κ2) is 7.19. The summed E-state index contributed by atoms with van der Waals surface area (Å²) >= 11 is 10.2. The first kappa shape index (κ1) is 16.2. The normalized spacial score (nSPS) is 12.0. The minimum atomic E-state index is -0.163. The first-order chi connectivity index (χ1) is 10.0. The molecule has 0 aliphatic rings. The third-order valence-electron chi connectivity index (χ3n) is 3.40. The van der Waals surface area contributed by atoms with Crippen LogP contribution in [0.25, 0.3) is 0 Å². The SMILES string of the molecule is COc1cccc(CC(Cl)c2cc(Br)c(C)cc2OC)c1. The average Bonchev–Trinajstić information content (AvgIpc) is 2.49. The highest BCUT2D eigenvalue weighted by Crippen LogP contribution is 2.36. The molecule has 2 aromatic rings. The summed E-state index contributed by atoms with van der Waals surface area (Å²) in [6, 6.07) is 12.0. The van der Waals surface area contributed by atoms with Crippen molar-refractivity contribution in [3.05, 3.63) is 57.6 Å². The lowest BCUT2D eigenvalue weighted by Gasteiger charge is -2.16. The van der Waals surface area contributed by atoms with Gasteiger partial charge in [0.05, 0.1) is 19.6 Å². The Morgan fingerprint density at radius 3 is 2.57 bits per heavy atom. The van der Waals surface area contributed by atoms with Crippen molar-refractivity contribution in [1.29, 1.82) is 0 Å². The van der Waals surface area contributed by atoms with Crippen molar-refractivity contribution in [3.8, 4) is 11.5 Å². The summed E-state index contributed by atoms with van der Waals surface area (Å²) in [6.07, 6.45) is 0.713. The lowest BCUT2D eigenvalue weighted by atomic mass is 10.0. The van der Waals surface area contributed by atoms with E-state index >= 15 is 0 Å². The summed E-state index contributed by atoms with van der Waals surface area (Å²) in [5.74, 6) is 1.66. The van der Waals surface area contributed by atoms with Gasteiger partial charge in [-0.15, -0.1) is 11.6 Å². The van der Waals surface area contributed by atoms with Crippen molar-refractivity contribution >= 4 is 27.5 Å². The van der Waals surface area contributed by atoms with Crippen LogP contribution in [0.15, 0.2) is 40.9 Å². The van der Waals surface area contributed by atoms with E-state index in [0.29, 0.717) is 6.42 Å². The number of benzene rings is 2. The van der Waals surface area contributed by atoms with Gasteiger partial charge >= 0.3 is 0 Å². The number of methoxy groups -OCH3 is 2. The van der Waals surface area contributed by atoms with Crippen molar-refractivity contribution in [2.45, 2.75) is 18.7 Å². The van der Waals surface area contributed by atoms with Crippen LogP contribution in [0.4, 0.5) is 0 Å². The maximum absolute atomic E-state index is 6.60. The maximum atomic E-state index is 6.60. The third-order valence-corrected chi connectivity index (χ3v) is 4.64. The predicted molar refractivity (Wildman–Crippen MR) is 90.7 cm³/mol. The van der Waals surface area contributed by atoms with Crippen LogP contribution in [0.1, 0.15) is 22.1 Å². The summed E-state index contributed by atoms with van der Waals surface area (Å²) in [5, 5.41) is -0.163. The first-order valence-corrected chi connectivity index (χ1v) is 7.89. The van der Waals surface area contributed by atoms with Gasteiger partial charge < -0.3 is 9.47 Å². The molecule has 2 nitrogen and oxygen atoms in total. The molecule has 0 amide bonds. The molecule has 0 aliphatic carbocycles. The second-order valence-electron chi connectivity index (χ2n) is 4.87. The lowest BCUT2D eigenvalue weighted by Crippen LogP contribution is -2.00. The molecule has 0 fully saturated rings. The fourth-order valence-electron chi connectivity index (χ4n) is 2.21. The molecule has 112 valence electrons. The van der Waals surface area contributed by atoms with E-state index in [-0.39, 0.29) is 5.38 Å². The van der Waals surface area contributed by atoms with Crippen molar-refractivity contribution in [2.24, 2.45) is 0 Å². The Bertz CT molecular complexity index is 628. The Labute approximate surface area is 139 Å². The van der Waals surface area contributed by atoms with Crippen molar-refractivity contribution < 1.29 is 9.47 Å². The number of aryl methyl sites for hydroxylation is 1. The summed E-state index contributed by atoms with van der Waals surface area (Å²) in [5.41, 5.74) is 3.24. The van der Waals surface area contributed by atoms with Gasteiger partial charge in [0.25, 0.3) is 0 Å². The Hall–Kier alpha value is -1.19. The van der Waals surface area contributed by atoms with E-state index in [4.69, 9.17) is 21.1 Å². The van der Waals surface area contributed by atoms with E-state index < -0.39 is 0 Å². The van der Waals surface area contributed by atoms with Gasteiger partial charge in [0.1, 0.15) is 11.5 Å². The van der Waals surface area contributed by atoms with E-state index in [0.717, 1.165) is 32.7 Å². The minimum absolute atomic E-state index is 0.163. The summed E-state index contributed by atoms with van der Waals surface area (Å²) in [4.78, 5) is 0. The number of rotatable bonds is 5. The van der Waals surface area contributed by atoms with Crippen LogP contribution in [0.3, 0.4) is 0 Å². The van der Waals surface area contributed by atoms with Crippen LogP contribution in [-0.4, -0.2) is 14.2 Å². The molecule has 0 spiro atoms. The molecule has 0 saturated heterocycles. The van der Waals surface area contributed by atoms with Crippen LogP contribution >= 0.6 is 27.5 Å². The molecular formula is C17H18BrClO2. The number of ether oxygens (including phenoxy) is 2. The van der Waals surface area contributed by atoms with Gasteiger partial charge in [0.15, 0.2) is 0 Å². The van der Waals surface area contributed by atoms with Crippen LogP contribution in [0, 0.1) is 6.92 Å². The number of halogens is 2. The minimum Gasteiger partial charge on any atom is -0.497 e. The highest BCUT2D eigenvalue weighted by molar-refractivity contribution is 9.10. The molecule has 0 bridgehead atoms. The van der Waals surface area contributed by atoms with E-state index in [1.54, 1.807) is 14.2 Å². The molecule has 4 heteroatoms. The molecule has 0 aliphatic heterocycles. The molecule has 21 heavy (non-hydrogen) atoms. The summed E-state index contributed by atoms with van der Waals surface area (Å²) in [6.45, 7) is 2.03. The predicted octanol–water partition coefficient (Wildman–Crippen LogP) is 5.30. The molecule has 0 N–H and O–H groups in total. The van der Waals surface area contributed by atoms with Gasteiger partial charge in [-0.1, -0.05) is 28.1 Å². The first-order valence-electron chi connectivity index (χ1n) is 6.66. The highest BCUT2D eigenvalue weighted by atomic mass is 79.9. The van der Waals surface area contributed by atoms with Gasteiger partial charge in [0, 0.05) is 10.0 Å². The number of hydrogen-bond acceptors (Lipinski definition) is 2. The topological polar surface area (TPSA) is 18.5 Å². The zero-order valence-corrected chi connectivity index (χ0v) is 14.7. The van der Waals surface area contributed by atoms with E-state index in [1.807, 2.05) is 43.3 Å². The van der Waals surface area contributed by atoms with Gasteiger partial charge in [0.2, 0.25) is 0 Å². The molecule has 1 unspecified atom stereocenters. The maximum Gasteiger partial charge on any atom is 0.123 e. The fraction of sp³-hybridized carbons (Fsp3) is 0.294. The van der Waals surface area contributed by atoms with Gasteiger partial charge in [-0.2, -0.15) is 0 Å². The van der Waals surface area contributed by atoms with Crippen molar-refractivity contribution in [3.63, 3.8) is 0 Å². The Kier molecular flexibility index (Phi) is 5.54. The molecule has 2 aromatic carbocycles. The average molecular weight is 370 g/mol. The third kappa shape index (κ3) is 3.92. The highest BCUT2D eigenvalue weighted by Gasteiger charge is 2.16. The molecule has 0 heterocycles. The van der Waals surface area contributed by atoms with Gasteiger partial charge in [-0.3, -0.25) is 0 Å². The molecule has 2 rings (SSSR count). The lowest BCUT2D eigenvalue weighted by molar-refractivity contribution is 0.408. The zero-order chi connectivity index (χ0) is 15.4. The molecular weight excluding hydrogens is 352 g/mol. The number of hydrogen-bond donors (Lipinski definition) is 0. The van der Waals surface area contributed by atoms with E-state index in [2.05, 4.69) is 15.9 Å². The molecule has 0 radical (unpaired) electrons. The van der Waals surface area contributed by atoms with Crippen LogP contribution in [-0.2, 0) is 6.42 Å². The smallest absolute Gasteiger partial charge is 0.123 e. The molecule has 1 atom stereocenters. The Morgan fingerprint density at radius 2 is 1.90 bits per heavy atom. The van der Waals surface area contributed by atoms with E-state index in [1.165, 1.54) is 0 Å². The zero-order valence-electron chi connectivity index (χ0n) is 12.3. The van der Waals surface area contributed by atoms with Crippen LogP contribution in [0.5, 0.6) is 11.5 Å². The summed E-state index contributed by atoms with van der Waals surface area (Å²) < 4.78 is 11.7. The van der Waals surface area contributed by atoms with Crippen LogP contribution < -0.4 is 9.47 Å². The van der Waals surface area contributed by atoms with Crippen LogP contribution in [0.2, 0.25) is 0 Å². The van der Waals surface area contributed by atoms with E-state index in [9.17, 15) is 0 Å². The van der Waals surface area contributed by atoms with Gasteiger partial charge in [-0.05, 0) is 48.7 Å². The van der Waals surface area contributed by atoms with Crippen molar-refractivity contribution in [1.82, 2.24) is 0 Å². The van der Waals surface area contributed by atoms with Gasteiger partial charge in [-0.25, -0.2) is 0 Å². The second-order valence-corrected chi connectivity index (χ2v) is 6.25. The standard InChI is InChI=1S/C17H18BrClO2/c1-11-7-17(21-3)14(10-15(11)18)16(19)9-12-5-4-6-13(8-12)20-2/h4-8,10,16H,9H2,1-3H3. The Balaban J connectivity index is 2.27. The summed E-state index contributed by atoms with van der Waals surface area (Å²) in [7, 11) is 3.33. The molecule has 0 aromatic heterocycles. The Morgan fingerprint density at radius 1 is 1.14 bits per heavy atom. The largest absolute Gasteiger partial charge is 0.497 e. The quantitative estimate of drug-likeness (QED) is 0.666. The molecule has 0 saturated carbocycles. The number of alkyl halides is 1. The monoisotopic (exact) mass is 368 g/mol. The fourth-order valence-corrected chi connectivity index (χ4v) is 2.92.